The Labute approximate surface area is 151 Å². The van der Waals surface area contributed by atoms with Gasteiger partial charge in [0.2, 0.25) is 0 Å². The highest BCUT2D eigenvalue weighted by Crippen LogP contribution is 2.23. The largest absolute Gasteiger partial charge is 0.487 e. The Kier molecular flexibility index (Phi) is 6.01. The molecule has 1 saturated heterocycles. The summed E-state index contributed by atoms with van der Waals surface area (Å²) in [5, 5.41) is 8.82. The van der Waals surface area contributed by atoms with Crippen molar-refractivity contribution in [1.29, 1.82) is 0 Å². The number of pyridine rings is 1. The second-order valence-corrected chi connectivity index (χ2v) is 6.17. The number of halogens is 1. The second-order valence-electron chi connectivity index (χ2n) is 6.17. The van der Waals surface area contributed by atoms with Gasteiger partial charge in [-0.25, -0.2) is 4.39 Å². The fourth-order valence-electron chi connectivity index (χ4n) is 2.82. The summed E-state index contributed by atoms with van der Waals surface area (Å²) in [4.78, 5) is 17.1. The van der Waals surface area contributed by atoms with E-state index in [-0.39, 0.29) is 18.3 Å². The molecule has 0 amide bonds. The number of hydrogen-bond donors (Lipinski definition) is 1. The number of morpholine rings is 1. The van der Waals surface area contributed by atoms with Crippen LogP contribution in [0.4, 0.5) is 10.1 Å². The van der Waals surface area contributed by atoms with Crippen LogP contribution < -0.4 is 9.64 Å². The van der Waals surface area contributed by atoms with Gasteiger partial charge in [0.05, 0.1) is 30.8 Å². The molecule has 0 aliphatic carbocycles. The van der Waals surface area contributed by atoms with Crippen molar-refractivity contribution in [2.45, 2.75) is 25.6 Å². The predicted octanol–water partition coefficient (Wildman–Crippen LogP) is 2.87. The zero-order chi connectivity index (χ0) is 18.4. The van der Waals surface area contributed by atoms with Crippen molar-refractivity contribution < 1.29 is 23.8 Å². The van der Waals surface area contributed by atoms with Gasteiger partial charge in [0.1, 0.15) is 18.2 Å². The maximum atomic E-state index is 12.9. The number of carboxylic acid groups (broad SMARTS) is 1. The Balaban J connectivity index is 1.59. The molecule has 6 nitrogen and oxygen atoms in total. The summed E-state index contributed by atoms with van der Waals surface area (Å²) in [5.41, 5.74) is 1.78. The van der Waals surface area contributed by atoms with E-state index in [9.17, 15) is 9.18 Å². The predicted molar refractivity (Wildman–Crippen MR) is 93.8 cm³/mol. The molecule has 1 aliphatic heterocycles. The summed E-state index contributed by atoms with van der Waals surface area (Å²) < 4.78 is 24.3. The number of aliphatic carboxylic acids is 1. The summed E-state index contributed by atoms with van der Waals surface area (Å²) in [5.74, 6) is -0.467. The maximum Gasteiger partial charge on any atom is 0.303 e. The van der Waals surface area contributed by atoms with Crippen LogP contribution in [0.1, 0.15) is 18.4 Å². The molecule has 0 spiro atoms. The summed E-state index contributed by atoms with van der Waals surface area (Å²) in [6, 6.07) is 8.07. The molecular weight excluding hydrogens is 339 g/mol. The molecule has 0 radical (unpaired) electrons. The van der Waals surface area contributed by atoms with Crippen molar-refractivity contribution >= 4 is 11.7 Å². The molecule has 1 aromatic heterocycles. The quantitative estimate of drug-likeness (QED) is 0.819. The topological polar surface area (TPSA) is 71.9 Å². The van der Waals surface area contributed by atoms with Crippen LogP contribution in [0.2, 0.25) is 0 Å². The summed E-state index contributed by atoms with van der Waals surface area (Å²) >= 11 is 0. The van der Waals surface area contributed by atoms with E-state index in [1.54, 1.807) is 24.5 Å². The fraction of sp³-hybridized carbons (Fsp3) is 0.368. The summed E-state index contributed by atoms with van der Waals surface area (Å²) in [6.45, 7) is 2.21. The number of benzene rings is 1. The highest BCUT2D eigenvalue weighted by molar-refractivity contribution is 5.66. The lowest BCUT2D eigenvalue weighted by Gasteiger charge is -2.34. The highest BCUT2D eigenvalue weighted by Gasteiger charge is 2.22. The standard InChI is InChI=1S/C19H21FN2O4/c20-15-3-1-14(2-4-15)13-26-18-9-16(10-21-11-18)22-7-8-25-17(12-22)5-6-19(23)24/h1-4,9-11,17H,5-8,12-13H2,(H,23,24)/t17-/m0/s1. The summed E-state index contributed by atoms with van der Waals surface area (Å²) in [6.07, 6.45) is 3.86. The van der Waals surface area contributed by atoms with E-state index < -0.39 is 5.97 Å². The zero-order valence-electron chi connectivity index (χ0n) is 14.3. The van der Waals surface area contributed by atoms with Gasteiger partial charge in [0.25, 0.3) is 0 Å². The van der Waals surface area contributed by atoms with Crippen molar-refractivity contribution in [3.05, 3.63) is 54.1 Å². The first kappa shape index (κ1) is 18.1. The van der Waals surface area contributed by atoms with Crippen LogP contribution in [0.3, 0.4) is 0 Å². The molecule has 2 aromatic rings. The third-order valence-electron chi connectivity index (χ3n) is 4.20. The maximum absolute atomic E-state index is 12.9. The van der Waals surface area contributed by atoms with Crippen LogP contribution in [0.15, 0.2) is 42.7 Å². The lowest BCUT2D eigenvalue weighted by atomic mass is 10.1. The molecule has 1 aromatic carbocycles. The van der Waals surface area contributed by atoms with Crippen LogP contribution in [-0.4, -0.2) is 41.9 Å². The second kappa shape index (κ2) is 8.62. The van der Waals surface area contributed by atoms with Crippen molar-refractivity contribution in [1.82, 2.24) is 4.98 Å². The molecule has 1 aliphatic rings. The Morgan fingerprint density at radius 2 is 2.15 bits per heavy atom. The molecule has 3 rings (SSSR count). The van der Waals surface area contributed by atoms with Crippen LogP contribution in [0.25, 0.3) is 0 Å². The Bertz CT molecular complexity index is 739. The molecule has 1 atom stereocenters. The number of rotatable bonds is 7. The van der Waals surface area contributed by atoms with Gasteiger partial charge in [-0.1, -0.05) is 12.1 Å². The van der Waals surface area contributed by atoms with E-state index in [2.05, 4.69) is 9.88 Å². The first-order valence-corrected chi connectivity index (χ1v) is 8.51. The van der Waals surface area contributed by atoms with E-state index in [1.165, 1.54) is 12.1 Å². The van der Waals surface area contributed by atoms with E-state index in [1.807, 2.05) is 6.07 Å². The minimum absolute atomic E-state index is 0.0948. The lowest BCUT2D eigenvalue weighted by Crippen LogP contribution is -2.42. The summed E-state index contributed by atoms with van der Waals surface area (Å²) in [7, 11) is 0. The number of carbonyl (C=O) groups is 1. The molecule has 7 heteroatoms. The number of aromatic nitrogens is 1. The van der Waals surface area contributed by atoms with Crippen molar-refractivity contribution in [2.75, 3.05) is 24.6 Å². The molecule has 0 bridgehead atoms. The van der Waals surface area contributed by atoms with Crippen LogP contribution >= 0.6 is 0 Å². The Hall–Kier alpha value is -2.67. The number of carboxylic acids is 1. The third kappa shape index (κ3) is 5.16. The van der Waals surface area contributed by atoms with Gasteiger partial charge in [-0.2, -0.15) is 0 Å². The smallest absolute Gasteiger partial charge is 0.303 e. The molecule has 1 fully saturated rings. The van der Waals surface area contributed by atoms with Gasteiger partial charge < -0.3 is 19.5 Å². The van der Waals surface area contributed by atoms with Crippen molar-refractivity contribution in [3.8, 4) is 5.75 Å². The SMILES string of the molecule is O=C(O)CC[C@H]1CN(c2cncc(OCc3ccc(F)cc3)c2)CCO1. The molecular formula is C19H21FN2O4. The molecule has 26 heavy (non-hydrogen) atoms. The minimum Gasteiger partial charge on any atom is -0.487 e. The van der Waals surface area contributed by atoms with Crippen molar-refractivity contribution in [3.63, 3.8) is 0 Å². The van der Waals surface area contributed by atoms with Gasteiger partial charge in [0, 0.05) is 25.6 Å². The van der Waals surface area contributed by atoms with Crippen LogP contribution in [0, 0.1) is 5.82 Å². The monoisotopic (exact) mass is 360 g/mol. The average Bonchev–Trinajstić information content (AvgIpc) is 2.66. The molecule has 0 unspecified atom stereocenters. The van der Waals surface area contributed by atoms with E-state index in [4.69, 9.17) is 14.6 Å². The van der Waals surface area contributed by atoms with Crippen LogP contribution in [-0.2, 0) is 16.1 Å². The normalized spacial score (nSPS) is 17.1. The van der Waals surface area contributed by atoms with Gasteiger partial charge in [0.15, 0.2) is 0 Å². The van der Waals surface area contributed by atoms with Gasteiger partial charge in [-0.15, -0.1) is 0 Å². The Morgan fingerprint density at radius 3 is 2.92 bits per heavy atom. The zero-order valence-corrected chi connectivity index (χ0v) is 14.3. The first-order valence-electron chi connectivity index (χ1n) is 8.51. The number of ether oxygens (including phenoxy) is 2. The lowest BCUT2D eigenvalue weighted by molar-refractivity contribution is -0.137. The van der Waals surface area contributed by atoms with E-state index in [0.717, 1.165) is 11.3 Å². The molecule has 1 N–H and O–H groups in total. The van der Waals surface area contributed by atoms with Gasteiger partial charge in [-0.05, 0) is 24.1 Å². The highest BCUT2D eigenvalue weighted by atomic mass is 19.1. The molecule has 138 valence electrons. The number of nitrogens with zero attached hydrogens (tertiary/aromatic N) is 2. The first-order chi connectivity index (χ1) is 12.6. The minimum atomic E-state index is -0.816. The number of anilines is 1. The average molecular weight is 360 g/mol. The van der Waals surface area contributed by atoms with E-state index in [0.29, 0.717) is 38.5 Å². The van der Waals surface area contributed by atoms with E-state index >= 15 is 0 Å². The third-order valence-corrected chi connectivity index (χ3v) is 4.20. The fourth-order valence-corrected chi connectivity index (χ4v) is 2.82. The molecule has 0 saturated carbocycles. The Morgan fingerprint density at radius 1 is 1.35 bits per heavy atom. The van der Waals surface area contributed by atoms with Gasteiger partial charge in [-0.3, -0.25) is 9.78 Å². The van der Waals surface area contributed by atoms with Crippen LogP contribution in [0.5, 0.6) is 5.75 Å². The van der Waals surface area contributed by atoms with Crippen molar-refractivity contribution in [2.24, 2.45) is 0 Å². The number of hydrogen-bond acceptors (Lipinski definition) is 5. The molecule has 2 heterocycles. The van der Waals surface area contributed by atoms with Gasteiger partial charge >= 0.3 is 5.97 Å².